The molecule has 1 rings (SSSR count). The summed E-state index contributed by atoms with van der Waals surface area (Å²) in [5, 5.41) is 2.52. The van der Waals surface area contributed by atoms with Gasteiger partial charge >= 0.3 is 6.61 Å². The summed E-state index contributed by atoms with van der Waals surface area (Å²) in [6, 6.07) is 5.62. The fourth-order valence-electron chi connectivity index (χ4n) is 1.20. The number of amides is 1. The summed E-state index contributed by atoms with van der Waals surface area (Å²) in [5.74, 6) is -0.302. The summed E-state index contributed by atoms with van der Waals surface area (Å²) >= 11 is 0. The second-order valence-electron chi connectivity index (χ2n) is 3.49. The van der Waals surface area contributed by atoms with E-state index in [-0.39, 0.29) is 30.6 Å². The molecule has 1 atom stereocenters. The van der Waals surface area contributed by atoms with Gasteiger partial charge in [0.15, 0.2) is 0 Å². The molecule has 0 fully saturated rings. The van der Waals surface area contributed by atoms with Crippen LogP contribution in [0.2, 0.25) is 0 Å². The molecule has 0 saturated carbocycles. The first-order valence-electron chi connectivity index (χ1n) is 5.06. The van der Waals surface area contributed by atoms with Crippen LogP contribution in [0.25, 0.3) is 0 Å². The molecule has 0 radical (unpaired) electrons. The molecule has 0 spiro atoms. The Morgan fingerprint density at radius 2 is 2.06 bits per heavy atom. The fourth-order valence-corrected chi connectivity index (χ4v) is 1.20. The lowest BCUT2D eigenvalue weighted by atomic mass is 10.2. The van der Waals surface area contributed by atoms with Gasteiger partial charge in [0.2, 0.25) is 5.91 Å². The highest BCUT2D eigenvalue weighted by Crippen LogP contribution is 2.19. The molecule has 0 unspecified atom stereocenters. The first-order chi connectivity index (χ1) is 8.00. The van der Waals surface area contributed by atoms with Gasteiger partial charge in [0.1, 0.15) is 5.75 Å². The van der Waals surface area contributed by atoms with Crippen LogP contribution in [0.3, 0.4) is 0 Å². The molecule has 0 aromatic heterocycles. The molecule has 0 bridgehead atoms. The first-order valence-corrected chi connectivity index (χ1v) is 5.06. The molecule has 0 aliphatic heterocycles. The van der Waals surface area contributed by atoms with Crippen LogP contribution in [0.5, 0.6) is 5.75 Å². The molecule has 3 N–H and O–H groups in total. The molecule has 18 heavy (non-hydrogen) atoms. The summed E-state index contributed by atoms with van der Waals surface area (Å²) in [5.41, 5.74) is 5.83. The van der Waals surface area contributed by atoms with Crippen molar-refractivity contribution in [1.82, 2.24) is 5.32 Å². The van der Waals surface area contributed by atoms with E-state index in [0.717, 1.165) is 0 Å². The molecule has 0 aliphatic carbocycles. The number of nitrogens with one attached hydrogen (secondary N) is 1. The highest BCUT2D eigenvalue weighted by Gasteiger charge is 2.11. The van der Waals surface area contributed by atoms with E-state index in [4.69, 9.17) is 5.73 Å². The Morgan fingerprint density at radius 1 is 1.44 bits per heavy atom. The Morgan fingerprint density at radius 3 is 2.61 bits per heavy atom. The van der Waals surface area contributed by atoms with Crippen molar-refractivity contribution in [3.63, 3.8) is 0 Å². The van der Waals surface area contributed by atoms with E-state index in [1.165, 1.54) is 13.0 Å². The normalized spacial score (nSPS) is 11.6. The van der Waals surface area contributed by atoms with Gasteiger partial charge in [-0.2, -0.15) is 8.78 Å². The number of para-hydroxylation sites is 1. The molecule has 0 aliphatic rings. The minimum absolute atomic E-state index is 0. The Bertz CT molecular complexity index is 389. The smallest absolute Gasteiger partial charge is 0.387 e. The van der Waals surface area contributed by atoms with E-state index >= 15 is 0 Å². The molecular weight excluding hydrogens is 266 g/mol. The minimum atomic E-state index is -2.89. The molecule has 1 aromatic carbocycles. The van der Waals surface area contributed by atoms with E-state index in [2.05, 4.69) is 10.1 Å². The summed E-state index contributed by atoms with van der Waals surface area (Å²) < 4.78 is 28.5. The van der Waals surface area contributed by atoms with E-state index in [1.54, 1.807) is 18.2 Å². The van der Waals surface area contributed by atoms with Gasteiger partial charge in [0, 0.05) is 12.1 Å². The van der Waals surface area contributed by atoms with Gasteiger partial charge in [-0.15, -0.1) is 12.4 Å². The standard InChI is InChI=1S/C11H14F2N2O2.ClH/c1-7(14)10(16)15-6-8-4-2-3-5-9(8)17-11(12)13;/h2-5,7,11H,6,14H2,1H3,(H,15,16);1H/t7-;/m0./s1. The van der Waals surface area contributed by atoms with Crippen molar-refractivity contribution in [2.75, 3.05) is 0 Å². The van der Waals surface area contributed by atoms with Crippen molar-refractivity contribution < 1.29 is 18.3 Å². The SMILES string of the molecule is C[C@H](N)C(=O)NCc1ccccc1OC(F)F.Cl. The lowest BCUT2D eigenvalue weighted by Crippen LogP contribution is -2.37. The van der Waals surface area contributed by atoms with Gasteiger partial charge in [-0.25, -0.2) is 0 Å². The summed E-state index contributed by atoms with van der Waals surface area (Å²) in [7, 11) is 0. The largest absolute Gasteiger partial charge is 0.434 e. The van der Waals surface area contributed by atoms with Crippen molar-refractivity contribution in [3.8, 4) is 5.75 Å². The lowest BCUT2D eigenvalue weighted by Gasteiger charge is -2.12. The Kier molecular flexibility index (Phi) is 7.23. The monoisotopic (exact) mass is 280 g/mol. The lowest BCUT2D eigenvalue weighted by molar-refractivity contribution is -0.122. The minimum Gasteiger partial charge on any atom is -0.434 e. The van der Waals surface area contributed by atoms with Crippen molar-refractivity contribution in [2.45, 2.75) is 26.1 Å². The Balaban J connectivity index is 0.00000289. The van der Waals surface area contributed by atoms with Crippen molar-refractivity contribution in [1.29, 1.82) is 0 Å². The van der Waals surface area contributed by atoms with Crippen LogP contribution in [0.1, 0.15) is 12.5 Å². The van der Waals surface area contributed by atoms with Gasteiger partial charge < -0.3 is 15.8 Å². The maximum Gasteiger partial charge on any atom is 0.387 e. The molecule has 102 valence electrons. The number of carbonyl (C=O) groups excluding carboxylic acids is 1. The number of halogens is 3. The number of ether oxygens (including phenoxy) is 1. The molecular formula is C11H15ClF2N2O2. The maximum atomic E-state index is 12.1. The Labute approximate surface area is 110 Å². The molecule has 7 heteroatoms. The molecule has 1 aromatic rings. The average Bonchev–Trinajstić information content (AvgIpc) is 2.26. The van der Waals surface area contributed by atoms with Gasteiger partial charge in [-0.05, 0) is 13.0 Å². The number of hydrogen-bond donors (Lipinski definition) is 2. The summed E-state index contributed by atoms with van der Waals surface area (Å²) in [6.07, 6.45) is 0. The quantitative estimate of drug-likeness (QED) is 0.862. The second kappa shape index (κ2) is 7.84. The van der Waals surface area contributed by atoms with Crippen LogP contribution in [0.15, 0.2) is 24.3 Å². The number of hydrogen-bond acceptors (Lipinski definition) is 3. The van der Waals surface area contributed by atoms with Gasteiger partial charge in [0.05, 0.1) is 6.04 Å². The van der Waals surface area contributed by atoms with Gasteiger partial charge in [0.25, 0.3) is 0 Å². The highest BCUT2D eigenvalue weighted by atomic mass is 35.5. The molecule has 1 amide bonds. The van der Waals surface area contributed by atoms with Crippen LogP contribution in [-0.4, -0.2) is 18.6 Å². The number of rotatable bonds is 5. The van der Waals surface area contributed by atoms with E-state index in [1.807, 2.05) is 0 Å². The number of alkyl halides is 2. The maximum absolute atomic E-state index is 12.1. The van der Waals surface area contributed by atoms with Crippen LogP contribution < -0.4 is 15.8 Å². The van der Waals surface area contributed by atoms with E-state index in [0.29, 0.717) is 5.56 Å². The van der Waals surface area contributed by atoms with Crippen LogP contribution in [-0.2, 0) is 11.3 Å². The van der Waals surface area contributed by atoms with Crippen LogP contribution in [0.4, 0.5) is 8.78 Å². The highest BCUT2D eigenvalue weighted by molar-refractivity contribution is 5.85. The van der Waals surface area contributed by atoms with Crippen LogP contribution >= 0.6 is 12.4 Å². The predicted octanol–water partition coefficient (Wildman–Crippen LogP) is 1.67. The van der Waals surface area contributed by atoms with E-state index in [9.17, 15) is 13.6 Å². The third-order valence-corrected chi connectivity index (χ3v) is 2.06. The van der Waals surface area contributed by atoms with E-state index < -0.39 is 12.7 Å². The second-order valence-corrected chi connectivity index (χ2v) is 3.49. The summed E-state index contributed by atoms with van der Waals surface area (Å²) in [6.45, 7) is -1.25. The molecule has 0 saturated heterocycles. The predicted molar refractivity (Wildman–Crippen MR) is 65.8 cm³/mol. The van der Waals surface area contributed by atoms with Crippen molar-refractivity contribution in [2.24, 2.45) is 5.73 Å². The third-order valence-electron chi connectivity index (χ3n) is 2.06. The molecule has 4 nitrogen and oxygen atoms in total. The zero-order valence-electron chi connectivity index (χ0n) is 9.73. The number of nitrogens with two attached hydrogens (primary N) is 1. The topological polar surface area (TPSA) is 64.4 Å². The zero-order valence-corrected chi connectivity index (χ0v) is 10.5. The van der Waals surface area contributed by atoms with Crippen LogP contribution in [0, 0.1) is 0 Å². The average molecular weight is 281 g/mol. The number of benzene rings is 1. The summed E-state index contributed by atoms with van der Waals surface area (Å²) in [4.78, 5) is 11.2. The van der Waals surface area contributed by atoms with Gasteiger partial charge in [-0.3, -0.25) is 4.79 Å². The third kappa shape index (κ3) is 5.29. The van der Waals surface area contributed by atoms with Crippen molar-refractivity contribution in [3.05, 3.63) is 29.8 Å². The zero-order chi connectivity index (χ0) is 12.8. The first kappa shape index (κ1) is 16.6. The molecule has 0 heterocycles. The van der Waals surface area contributed by atoms with Gasteiger partial charge in [-0.1, -0.05) is 18.2 Å². The van der Waals surface area contributed by atoms with Crippen molar-refractivity contribution >= 4 is 18.3 Å². The fraction of sp³-hybridized carbons (Fsp3) is 0.364. The number of carbonyl (C=O) groups is 1. The Hall–Kier alpha value is -1.40.